The van der Waals surface area contributed by atoms with Crippen LogP contribution in [0.25, 0.3) is 0 Å². The first-order chi connectivity index (χ1) is 7.27. The summed E-state index contributed by atoms with van der Waals surface area (Å²) in [5.74, 6) is 0.884. The largest absolute Gasteiger partial charge is 0.496 e. The molecule has 3 heteroatoms. The third kappa shape index (κ3) is 4.70. The molecule has 0 aliphatic carbocycles. The maximum absolute atomic E-state index is 8.61. The molecule has 0 saturated carbocycles. The highest BCUT2D eigenvalue weighted by Crippen LogP contribution is 2.20. The number of ether oxygens (including phenoxy) is 1. The van der Waals surface area contributed by atoms with Gasteiger partial charge in [-0.2, -0.15) is 0 Å². The minimum atomic E-state index is 0.144. The number of methoxy groups -OCH3 is 1. The molecule has 2 N–H and O–H groups in total. The smallest absolute Gasteiger partial charge is 0.121 e. The van der Waals surface area contributed by atoms with Crippen molar-refractivity contribution in [3.63, 3.8) is 0 Å². The SMILES string of the molecule is CC.COc1ccc(NCCO)cc1C. The lowest BCUT2D eigenvalue weighted by atomic mass is 10.2. The number of hydrogen-bond acceptors (Lipinski definition) is 3. The van der Waals surface area contributed by atoms with Gasteiger partial charge >= 0.3 is 0 Å². The standard InChI is InChI=1S/C10H15NO2.C2H6/c1-8-7-9(11-5-6-12)3-4-10(8)13-2;1-2/h3-4,7,11-12H,5-6H2,1-2H3;1-2H3. The van der Waals surface area contributed by atoms with Gasteiger partial charge in [0.1, 0.15) is 5.75 Å². The van der Waals surface area contributed by atoms with Gasteiger partial charge in [-0.1, -0.05) is 13.8 Å². The quantitative estimate of drug-likeness (QED) is 0.803. The van der Waals surface area contributed by atoms with Gasteiger partial charge in [-0.25, -0.2) is 0 Å². The van der Waals surface area contributed by atoms with Crippen LogP contribution in [0.15, 0.2) is 18.2 Å². The van der Waals surface area contributed by atoms with E-state index in [1.54, 1.807) is 7.11 Å². The van der Waals surface area contributed by atoms with Crippen molar-refractivity contribution in [3.8, 4) is 5.75 Å². The van der Waals surface area contributed by atoms with Crippen LogP contribution in [0.5, 0.6) is 5.75 Å². The molecule has 1 aromatic carbocycles. The van der Waals surface area contributed by atoms with Gasteiger partial charge in [0.25, 0.3) is 0 Å². The van der Waals surface area contributed by atoms with Gasteiger partial charge in [-0.15, -0.1) is 0 Å². The van der Waals surface area contributed by atoms with Crippen LogP contribution < -0.4 is 10.1 Å². The normalized spacial score (nSPS) is 8.87. The van der Waals surface area contributed by atoms with Crippen LogP contribution in [-0.4, -0.2) is 25.4 Å². The molecule has 0 aliphatic rings. The van der Waals surface area contributed by atoms with Crippen molar-refractivity contribution >= 4 is 5.69 Å². The summed E-state index contributed by atoms with van der Waals surface area (Å²) in [7, 11) is 1.66. The minimum absolute atomic E-state index is 0.144. The van der Waals surface area contributed by atoms with E-state index in [4.69, 9.17) is 9.84 Å². The molecule has 0 unspecified atom stereocenters. The molecule has 86 valence electrons. The fraction of sp³-hybridized carbons (Fsp3) is 0.500. The summed E-state index contributed by atoms with van der Waals surface area (Å²) in [6, 6.07) is 5.84. The highest BCUT2D eigenvalue weighted by Gasteiger charge is 1.98. The maximum atomic E-state index is 8.61. The molecule has 1 rings (SSSR count). The predicted octanol–water partition coefficient (Wildman–Crippen LogP) is 2.43. The molecule has 0 saturated heterocycles. The zero-order valence-corrected chi connectivity index (χ0v) is 10.0. The highest BCUT2D eigenvalue weighted by atomic mass is 16.5. The Morgan fingerprint density at radius 1 is 1.33 bits per heavy atom. The maximum Gasteiger partial charge on any atom is 0.121 e. The Hall–Kier alpha value is -1.22. The van der Waals surface area contributed by atoms with E-state index in [9.17, 15) is 0 Å². The van der Waals surface area contributed by atoms with Crippen molar-refractivity contribution in [3.05, 3.63) is 23.8 Å². The van der Waals surface area contributed by atoms with Crippen molar-refractivity contribution < 1.29 is 9.84 Å². The zero-order chi connectivity index (χ0) is 11.7. The molecule has 0 spiro atoms. The molecule has 0 aromatic heterocycles. The molecular weight excluding hydrogens is 190 g/mol. The van der Waals surface area contributed by atoms with Crippen LogP contribution in [0.3, 0.4) is 0 Å². The molecule has 0 fully saturated rings. The second-order valence-electron chi connectivity index (χ2n) is 2.83. The van der Waals surface area contributed by atoms with E-state index in [2.05, 4.69) is 5.32 Å². The lowest BCUT2D eigenvalue weighted by Gasteiger charge is -2.08. The highest BCUT2D eigenvalue weighted by molar-refractivity contribution is 5.50. The summed E-state index contributed by atoms with van der Waals surface area (Å²) in [4.78, 5) is 0. The number of anilines is 1. The average molecular weight is 211 g/mol. The number of aliphatic hydroxyl groups is 1. The average Bonchev–Trinajstić information content (AvgIpc) is 2.29. The fourth-order valence-electron chi connectivity index (χ4n) is 1.19. The van der Waals surface area contributed by atoms with Gasteiger partial charge in [-0.05, 0) is 30.7 Å². The van der Waals surface area contributed by atoms with E-state index >= 15 is 0 Å². The van der Waals surface area contributed by atoms with Gasteiger partial charge in [-0.3, -0.25) is 0 Å². The third-order valence-corrected chi connectivity index (χ3v) is 1.84. The van der Waals surface area contributed by atoms with E-state index in [0.29, 0.717) is 6.54 Å². The van der Waals surface area contributed by atoms with Crippen molar-refractivity contribution in [1.82, 2.24) is 0 Å². The van der Waals surface area contributed by atoms with Gasteiger partial charge in [0.2, 0.25) is 0 Å². The fourth-order valence-corrected chi connectivity index (χ4v) is 1.19. The second-order valence-corrected chi connectivity index (χ2v) is 2.83. The van der Waals surface area contributed by atoms with Crippen LogP contribution >= 0.6 is 0 Å². The van der Waals surface area contributed by atoms with E-state index < -0.39 is 0 Å². The van der Waals surface area contributed by atoms with Gasteiger partial charge in [0.15, 0.2) is 0 Å². The number of benzene rings is 1. The molecule has 0 aliphatic heterocycles. The minimum Gasteiger partial charge on any atom is -0.496 e. The number of aliphatic hydroxyl groups excluding tert-OH is 1. The Balaban J connectivity index is 0.000000921. The van der Waals surface area contributed by atoms with Gasteiger partial charge < -0.3 is 15.2 Å². The Morgan fingerprint density at radius 3 is 2.47 bits per heavy atom. The van der Waals surface area contributed by atoms with E-state index in [0.717, 1.165) is 17.0 Å². The first-order valence-corrected chi connectivity index (χ1v) is 5.27. The van der Waals surface area contributed by atoms with Gasteiger partial charge in [0, 0.05) is 12.2 Å². The van der Waals surface area contributed by atoms with Crippen molar-refractivity contribution in [2.24, 2.45) is 0 Å². The summed E-state index contributed by atoms with van der Waals surface area (Å²) in [6.45, 7) is 6.71. The van der Waals surface area contributed by atoms with E-state index in [1.807, 2.05) is 39.0 Å². The number of hydrogen-bond donors (Lipinski definition) is 2. The Bertz CT molecular complexity index is 274. The molecule has 0 atom stereocenters. The molecule has 0 radical (unpaired) electrons. The molecule has 0 bridgehead atoms. The number of rotatable bonds is 4. The molecule has 0 heterocycles. The van der Waals surface area contributed by atoms with Crippen molar-refractivity contribution in [1.29, 1.82) is 0 Å². The van der Waals surface area contributed by atoms with Crippen LogP contribution in [-0.2, 0) is 0 Å². The predicted molar refractivity (Wildman–Crippen MR) is 64.7 cm³/mol. The Kier molecular flexibility index (Phi) is 7.46. The van der Waals surface area contributed by atoms with Crippen LogP contribution in [0.1, 0.15) is 19.4 Å². The zero-order valence-electron chi connectivity index (χ0n) is 10.0. The summed E-state index contributed by atoms with van der Waals surface area (Å²) < 4.78 is 5.13. The van der Waals surface area contributed by atoms with Crippen LogP contribution in [0.4, 0.5) is 5.69 Å². The summed E-state index contributed by atoms with van der Waals surface area (Å²) >= 11 is 0. The lowest BCUT2D eigenvalue weighted by molar-refractivity contribution is 0.311. The van der Waals surface area contributed by atoms with E-state index in [-0.39, 0.29) is 6.61 Å². The molecule has 0 amide bonds. The van der Waals surface area contributed by atoms with E-state index in [1.165, 1.54) is 0 Å². The van der Waals surface area contributed by atoms with Gasteiger partial charge in [0.05, 0.1) is 13.7 Å². The second kappa shape index (κ2) is 8.12. The Labute approximate surface area is 92.1 Å². The molecular formula is C12H21NO2. The van der Waals surface area contributed by atoms with Crippen LogP contribution in [0, 0.1) is 6.92 Å². The summed E-state index contributed by atoms with van der Waals surface area (Å²) in [5.41, 5.74) is 2.10. The summed E-state index contributed by atoms with van der Waals surface area (Å²) in [5, 5.41) is 11.7. The molecule has 15 heavy (non-hydrogen) atoms. The molecule has 3 nitrogen and oxygen atoms in total. The summed E-state index contributed by atoms with van der Waals surface area (Å²) in [6.07, 6.45) is 0. The lowest BCUT2D eigenvalue weighted by Crippen LogP contribution is -2.05. The topological polar surface area (TPSA) is 41.5 Å². The molecule has 1 aromatic rings. The monoisotopic (exact) mass is 211 g/mol. The third-order valence-electron chi connectivity index (χ3n) is 1.84. The van der Waals surface area contributed by atoms with Crippen LogP contribution in [0.2, 0.25) is 0 Å². The van der Waals surface area contributed by atoms with Crippen molar-refractivity contribution in [2.75, 3.05) is 25.6 Å². The van der Waals surface area contributed by atoms with Crippen molar-refractivity contribution in [2.45, 2.75) is 20.8 Å². The Morgan fingerprint density at radius 2 is 2.00 bits per heavy atom. The number of nitrogens with one attached hydrogen (secondary N) is 1. The number of aryl methyl sites for hydroxylation is 1. The first kappa shape index (κ1) is 13.8. The first-order valence-electron chi connectivity index (χ1n) is 5.27.